The number of hydrogen-bond donors (Lipinski definition) is 1. The van der Waals surface area contributed by atoms with Gasteiger partial charge in [-0.15, -0.1) is 11.3 Å². The number of nitrogens with two attached hydrogens (primary N) is 1. The van der Waals surface area contributed by atoms with Crippen LogP contribution in [0.5, 0.6) is 11.5 Å². The average molecular weight is 391 g/mol. The third kappa shape index (κ3) is 3.05. The van der Waals surface area contributed by atoms with Crippen molar-refractivity contribution in [2.24, 2.45) is 0 Å². The SMILES string of the molecule is COc1ccc(C(=O)c2sc3nc(-c4ccncc4)ccc3c2N)cc1OC. The van der Waals surface area contributed by atoms with Crippen molar-refractivity contribution in [3.63, 3.8) is 0 Å². The van der Waals surface area contributed by atoms with Crippen molar-refractivity contribution in [3.8, 4) is 22.8 Å². The zero-order valence-corrected chi connectivity index (χ0v) is 16.1. The summed E-state index contributed by atoms with van der Waals surface area (Å²) < 4.78 is 10.5. The molecule has 0 radical (unpaired) electrons. The third-order valence-electron chi connectivity index (χ3n) is 4.42. The molecule has 4 rings (SSSR count). The van der Waals surface area contributed by atoms with Gasteiger partial charge in [-0.2, -0.15) is 0 Å². The van der Waals surface area contributed by atoms with Gasteiger partial charge in [0, 0.05) is 28.9 Å². The van der Waals surface area contributed by atoms with Gasteiger partial charge in [-0.3, -0.25) is 9.78 Å². The standard InChI is InChI=1S/C21H17N3O3S/c1-26-16-6-3-13(11-17(16)27-2)19(25)20-18(22)14-4-5-15(24-21(14)28-20)12-7-9-23-10-8-12/h3-11H,22H2,1-2H3. The number of methoxy groups -OCH3 is 2. The smallest absolute Gasteiger partial charge is 0.205 e. The van der Waals surface area contributed by atoms with Crippen LogP contribution in [0, 0.1) is 0 Å². The number of hydrogen-bond acceptors (Lipinski definition) is 7. The summed E-state index contributed by atoms with van der Waals surface area (Å²) in [6.07, 6.45) is 3.44. The second-order valence-electron chi connectivity index (χ2n) is 6.03. The highest BCUT2D eigenvalue weighted by Crippen LogP contribution is 2.36. The van der Waals surface area contributed by atoms with Gasteiger partial charge in [0.1, 0.15) is 9.71 Å². The first kappa shape index (κ1) is 17.9. The molecule has 1 aromatic carbocycles. The molecule has 0 spiro atoms. The summed E-state index contributed by atoms with van der Waals surface area (Å²) in [5.41, 5.74) is 8.95. The molecule has 0 atom stereocenters. The quantitative estimate of drug-likeness (QED) is 0.513. The fraction of sp³-hybridized carbons (Fsp3) is 0.0952. The summed E-state index contributed by atoms with van der Waals surface area (Å²) in [5, 5.41) is 0.770. The molecule has 0 aliphatic rings. The highest BCUT2D eigenvalue weighted by Gasteiger charge is 2.20. The van der Waals surface area contributed by atoms with Gasteiger partial charge in [0.05, 0.1) is 25.6 Å². The van der Waals surface area contributed by atoms with Crippen molar-refractivity contribution in [1.29, 1.82) is 0 Å². The van der Waals surface area contributed by atoms with E-state index in [9.17, 15) is 4.79 Å². The number of ketones is 1. The molecule has 0 saturated carbocycles. The number of thiophene rings is 1. The Morgan fingerprint density at radius 1 is 1.00 bits per heavy atom. The number of aromatic nitrogens is 2. The molecule has 0 amide bonds. The van der Waals surface area contributed by atoms with Crippen LogP contribution in [0.4, 0.5) is 5.69 Å². The van der Waals surface area contributed by atoms with Crippen molar-refractivity contribution in [2.45, 2.75) is 0 Å². The number of nitrogen functional groups attached to an aromatic ring is 1. The van der Waals surface area contributed by atoms with E-state index in [1.807, 2.05) is 24.3 Å². The minimum atomic E-state index is -0.174. The van der Waals surface area contributed by atoms with Gasteiger partial charge in [0.15, 0.2) is 11.5 Å². The molecule has 3 heterocycles. The number of benzene rings is 1. The molecule has 28 heavy (non-hydrogen) atoms. The lowest BCUT2D eigenvalue weighted by Crippen LogP contribution is -2.03. The Balaban J connectivity index is 1.76. The molecule has 0 bridgehead atoms. The molecule has 7 heteroatoms. The van der Waals surface area contributed by atoms with E-state index in [0.29, 0.717) is 27.6 Å². The molecule has 0 unspecified atom stereocenters. The summed E-state index contributed by atoms with van der Waals surface area (Å²) in [6, 6.07) is 12.6. The molecule has 2 N–H and O–H groups in total. The van der Waals surface area contributed by atoms with E-state index in [0.717, 1.165) is 21.5 Å². The van der Waals surface area contributed by atoms with Crippen LogP contribution in [0.25, 0.3) is 21.5 Å². The van der Waals surface area contributed by atoms with Crippen LogP contribution in [0.15, 0.2) is 54.9 Å². The van der Waals surface area contributed by atoms with E-state index < -0.39 is 0 Å². The fourth-order valence-corrected chi connectivity index (χ4v) is 4.01. The van der Waals surface area contributed by atoms with Crippen LogP contribution in [-0.2, 0) is 0 Å². The van der Waals surface area contributed by atoms with Crippen molar-refractivity contribution in [1.82, 2.24) is 9.97 Å². The topological polar surface area (TPSA) is 87.3 Å². The Bertz CT molecular complexity index is 1170. The zero-order valence-electron chi connectivity index (χ0n) is 15.3. The van der Waals surface area contributed by atoms with Gasteiger partial charge in [0.2, 0.25) is 5.78 Å². The Kier molecular flexibility index (Phi) is 4.67. The third-order valence-corrected chi connectivity index (χ3v) is 5.54. The van der Waals surface area contributed by atoms with Gasteiger partial charge in [-0.25, -0.2) is 4.98 Å². The van der Waals surface area contributed by atoms with Gasteiger partial charge < -0.3 is 15.2 Å². The van der Waals surface area contributed by atoms with Gasteiger partial charge >= 0.3 is 0 Å². The lowest BCUT2D eigenvalue weighted by Gasteiger charge is -2.08. The van der Waals surface area contributed by atoms with Crippen molar-refractivity contribution in [2.75, 3.05) is 20.0 Å². The summed E-state index contributed by atoms with van der Waals surface area (Å²) >= 11 is 1.29. The molecule has 140 valence electrons. The van der Waals surface area contributed by atoms with Crippen LogP contribution in [0.2, 0.25) is 0 Å². The molecule has 4 aromatic rings. The fourth-order valence-electron chi connectivity index (χ4n) is 2.96. The summed E-state index contributed by atoms with van der Waals surface area (Å²) in [6.45, 7) is 0. The van der Waals surface area contributed by atoms with E-state index in [2.05, 4.69) is 9.97 Å². The number of fused-ring (bicyclic) bond motifs is 1. The van der Waals surface area contributed by atoms with Gasteiger partial charge in [-0.1, -0.05) is 0 Å². The Morgan fingerprint density at radius 2 is 1.75 bits per heavy atom. The Hall–Kier alpha value is -3.45. The molecular weight excluding hydrogens is 374 g/mol. The molecule has 0 saturated heterocycles. The largest absolute Gasteiger partial charge is 0.493 e. The Morgan fingerprint density at radius 3 is 2.46 bits per heavy atom. The van der Waals surface area contributed by atoms with Crippen LogP contribution in [0.3, 0.4) is 0 Å². The van der Waals surface area contributed by atoms with E-state index >= 15 is 0 Å². The van der Waals surface area contributed by atoms with Crippen molar-refractivity contribution >= 4 is 33.0 Å². The number of pyridine rings is 2. The normalized spacial score (nSPS) is 10.8. The second-order valence-corrected chi connectivity index (χ2v) is 7.03. The maximum atomic E-state index is 13.1. The number of nitrogens with zero attached hydrogens (tertiary/aromatic N) is 2. The lowest BCUT2D eigenvalue weighted by molar-refractivity contribution is 0.104. The Labute approximate surface area is 165 Å². The summed E-state index contributed by atoms with van der Waals surface area (Å²) in [7, 11) is 3.08. The number of carbonyl (C=O) groups is 1. The molecule has 0 aliphatic carbocycles. The highest BCUT2D eigenvalue weighted by atomic mass is 32.1. The first-order valence-electron chi connectivity index (χ1n) is 8.48. The van der Waals surface area contributed by atoms with Crippen LogP contribution in [-0.4, -0.2) is 30.0 Å². The van der Waals surface area contributed by atoms with Crippen LogP contribution >= 0.6 is 11.3 Å². The van der Waals surface area contributed by atoms with E-state index in [1.165, 1.54) is 18.4 Å². The van der Waals surface area contributed by atoms with Gasteiger partial charge in [-0.05, 0) is 42.5 Å². The average Bonchev–Trinajstić information content (AvgIpc) is 3.09. The molecule has 0 fully saturated rings. The lowest BCUT2D eigenvalue weighted by atomic mass is 10.1. The summed E-state index contributed by atoms with van der Waals surface area (Å²) in [5.74, 6) is 0.880. The number of ether oxygens (including phenoxy) is 2. The predicted octanol–water partition coefficient (Wildman–Crippen LogP) is 4.19. The number of anilines is 1. The van der Waals surface area contributed by atoms with Crippen LogP contribution in [0.1, 0.15) is 15.2 Å². The first-order chi connectivity index (χ1) is 13.6. The zero-order chi connectivity index (χ0) is 19.7. The highest BCUT2D eigenvalue weighted by molar-refractivity contribution is 7.21. The maximum absolute atomic E-state index is 13.1. The van der Waals surface area contributed by atoms with Crippen molar-refractivity contribution < 1.29 is 14.3 Å². The number of carbonyl (C=O) groups excluding carboxylic acids is 1. The van der Waals surface area contributed by atoms with E-state index in [-0.39, 0.29) is 5.78 Å². The second kappa shape index (κ2) is 7.28. The molecule has 3 aromatic heterocycles. The molecule has 0 aliphatic heterocycles. The maximum Gasteiger partial charge on any atom is 0.205 e. The van der Waals surface area contributed by atoms with E-state index in [1.54, 1.807) is 37.7 Å². The van der Waals surface area contributed by atoms with Crippen LogP contribution < -0.4 is 15.2 Å². The van der Waals surface area contributed by atoms with E-state index in [4.69, 9.17) is 15.2 Å². The minimum Gasteiger partial charge on any atom is -0.493 e. The minimum absolute atomic E-state index is 0.174. The first-order valence-corrected chi connectivity index (χ1v) is 9.30. The van der Waals surface area contributed by atoms with Crippen molar-refractivity contribution in [3.05, 3.63) is 65.3 Å². The molecule has 6 nitrogen and oxygen atoms in total. The number of rotatable bonds is 5. The predicted molar refractivity (Wildman–Crippen MR) is 110 cm³/mol. The monoisotopic (exact) mass is 391 g/mol. The summed E-state index contributed by atoms with van der Waals surface area (Å²) in [4.78, 5) is 22.9. The van der Waals surface area contributed by atoms with Gasteiger partial charge in [0.25, 0.3) is 0 Å². The molecular formula is C21H17N3O3S.